The van der Waals surface area contributed by atoms with Crippen LogP contribution >= 0.6 is 43.2 Å². The van der Waals surface area contributed by atoms with E-state index >= 15 is 0 Å². The van der Waals surface area contributed by atoms with Crippen molar-refractivity contribution in [3.05, 3.63) is 254 Å². The monoisotopic (exact) mass is 1140 g/mol. The molecule has 12 aromatic carbocycles. The maximum atomic E-state index is 13.9. The highest BCUT2D eigenvalue weighted by Gasteiger charge is 2.31. The zero-order valence-electron chi connectivity index (χ0n) is 42.9. The van der Waals surface area contributed by atoms with Crippen LogP contribution in [0.1, 0.15) is 0 Å². The predicted octanol–water partition coefficient (Wildman–Crippen LogP) is 21.2. The number of halogens is 4. The normalized spacial score (nSPS) is 12.4. The van der Waals surface area contributed by atoms with Crippen molar-refractivity contribution in [2.45, 2.75) is 19.6 Å². The minimum absolute atomic E-state index is 0.347. The van der Waals surface area contributed by atoms with E-state index in [1.807, 2.05) is 79.6 Å². The highest BCUT2D eigenvalue weighted by molar-refractivity contribution is 8.78. The minimum atomic E-state index is -0.351. The quantitative estimate of drug-likeness (QED) is 0.0889. The van der Waals surface area contributed by atoms with Crippen LogP contribution in [-0.4, -0.2) is 19.9 Å². The molecule has 12 heteroatoms. The summed E-state index contributed by atoms with van der Waals surface area (Å²) in [5, 5.41) is 8.65. The lowest BCUT2D eigenvalue weighted by Gasteiger charge is -2.12. The molecule has 0 amide bonds. The van der Waals surface area contributed by atoms with Gasteiger partial charge in [0.1, 0.15) is 23.3 Å². The summed E-state index contributed by atoms with van der Waals surface area (Å²) >= 11 is 0. The fourth-order valence-corrected chi connectivity index (χ4v) is 16.6. The van der Waals surface area contributed by atoms with Crippen LogP contribution in [-0.2, 0) is 0 Å². The van der Waals surface area contributed by atoms with E-state index in [9.17, 15) is 17.6 Å². The first-order valence-corrected chi connectivity index (χ1v) is 30.6. The molecule has 2 aliphatic heterocycles. The van der Waals surface area contributed by atoms with Gasteiger partial charge in [-0.05, 0) is 176 Å². The second kappa shape index (κ2) is 20.6. The van der Waals surface area contributed by atoms with Crippen molar-refractivity contribution >= 4 is 97.6 Å². The lowest BCUT2D eigenvalue weighted by atomic mass is 9.97. The predicted molar refractivity (Wildman–Crippen MR) is 333 cm³/mol. The van der Waals surface area contributed by atoms with Crippen LogP contribution in [0.4, 0.5) is 17.6 Å². The van der Waals surface area contributed by atoms with E-state index in [4.69, 9.17) is 19.9 Å². The molecule has 4 nitrogen and oxygen atoms in total. The van der Waals surface area contributed by atoms with Crippen molar-refractivity contribution in [1.29, 1.82) is 0 Å². The molecule has 0 radical (unpaired) electrons. The Labute approximate surface area is 483 Å². The summed E-state index contributed by atoms with van der Waals surface area (Å²) in [4.78, 5) is 25.7. The third-order valence-corrected chi connectivity index (χ3v) is 20.0. The topological polar surface area (TPSA) is 51.6 Å². The molecule has 82 heavy (non-hydrogen) atoms. The largest absolute Gasteiger partial charge is 0.244 e. The zero-order chi connectivity index (χ0) is 55.0. The van der Waals surface area contributed by atoms with Gasteiger partial charge < -0.3 is 0 Å². The molecular formula is C70H38F4N4S4. The lowest BCUT2D eigenvalue weighted by molar-refractivity contribution is 0.627. The molecule has 0 atom stereocenters. The molecule has 0 aliphatic carbocycles. The Morgan fingerprint density at radius 3 is 0.707 bits per heavy atom. The number of hydrogen-bond donors (Lipinski definition) is 0. The number of hydrogen-bond acceptors (Lipinski definition) is 8. The maximum absolute atomic E-state index is 13.9. The summed E-state index contributed by atoms with van der Waals surface area (Å²) in [5.74, 6) is -1.39. The molecule has 14 aromatic rings. The van der Waals surface area contributed by atoms with E-state index in [0.717, 1.165) is 33.4 Å². The average Bonchev–Trinajstić information content (AvgIpc) is 2.83. The van der Waals surface area contributed by atoms with Crippen LogP contribution in [0.15, 0.2) is 250 Å². The number of benzene rings is 12. The molecule has 390 valence electrons. The van der Waals surface area contributed by atoms with Crippen LogP contribution in [0.5, 0.6) is 0 Å². The van der Waals surface area contributed by atoms with Crippen LogP contribution in [0, 0.1) is 23.3 Å². The van der Waals surface area contributed by atoms with Crippen LogP contribution in [0.25, 0.3) is 133 Å². The first-order valence-electron chi connectivity index (χ1n) is 26.3. The molecule has 0 bridgehead atoms. The van der Waals surface area contributed by atoms with Crippen molar-refractivity contribution in [1.82, 2.24) is 19.9 Å². The molecule has 0 unspecified atom stereocenters. The zero-order valence-corrected chi connectivity index (χ0v) is 46.1. The van der Waals surface area contributed by atoms with Crippen molar-refractivity contribution in [2.24, 2.45) is 0 Å². The fraction of sp³-hybridized carbons (Fsp3) is 0. The summed E-state index contributed by atoms with van der Waals surface area (Å²) in [5.41, 5.74) is 13.9. The number of nitrogens with zero attached hydrogens (tertiary/aromatic N) is 4. The van der Waals surface area contributed by atoms with Crippen molar-refractivity contribution in [3.8, 4) is 78.4 Å². The Bertz CT molecular complexity index is 4480. The first kappa shape index (κ1) is 50.2. The van der Waals surface area contributed by atoms with Gasteiger partial charge in [0.25, 0.3) is 0 Å². The van der Waals surface area contributed by atoms with Crippen molar-refractivity contribution in [3.63, 3.8) is 0 Å². The maximum Gasteiger partial charge on any atom is 0.123 e. The van der Waals surface area contributed by atoms with Gasteiger partial charge in [-0.25, -0.2) is 37.5 Å². The SMILES string of the molecule is Fc1ccc(-c2nc3ccc(-c4ccc(-c5ccc(-c6ccc7nc(-c8ccc(F)cc8)c(-c8ccc(F)cc8)nc7c6)cc5)cc4)cc3nc2-c2ccc(F)cc2)cc1.c1ccc2c3c4c(c5ccccc5c5c4c(c2c1)SS5)SS3. The number of fused-ring (bicyclic) bond motifs is 8. The molecular weight excluding hydrogens is 1100 g/mol. The van der Waals surface area contributed by atoms with E-state index in [1.165, 1.54) is 100 Å². The van der Waals surface area contributed by atoms with Crippen molar-refractivity contribution < 1.29 is 17.6 Å². The molecule has 0 saturated carbocycles. The Kier molecular flexibility index (Phi) is 12.6. The first-order chi connectivity index (χ1) is 40.2. The van der Waals surface area contributed by atoms with Gasteiger partial charge >= 0.3 is 0 Å². The summed E-state index contributed by atoms with van der Waals surface area (Å²) in [6.45, 7) is 0. The fourth-order valence-electron chi connectivity index (χ4n) is 10.9. The third-order valence-electron chi connectivity index (χ3n) is 15.0. The standard InChI is InChI=1S/C52H30F4N4.C18H8S4/c53-41-19-9-35(10-20-41)49-51(37-13-23-43(55)24-14-37)59-47-29-39(17-27-45(47)57-49)33-5-1-31(2-6-33)32-3-7-34(8-4-32)40-18-28-46-48(30-40)60-52(38-15-25-44(56)26-16-38)50(58-46)36-11-21-42(54)22-12-36;1-2-6-10-9(5-1)15-13-14-16(10)20-22-18(14)12-8-4-3-7-11(12)17(13)21-19-15/h1-30H;1-8H. The van der Waals surface area contributed by atoms with Gasteiger partial charge in [-0.1, -0.05) is 152 Å². The second-order valence-corrected chi connectivity index (χ2v) is 24.2. The highest BCUT2D eigenvalue weighted by Crippen LogP contribution is 2.65. The molecule has 0 saturated heterocycles. The minimum Gasteiger partial charge on any atom is -0.244 e. The average molecular weight is 1140 g/mol. The van der Waals surface area contributed by atoms with Gasteiger partial charge in [-0.2, -0.15) is 0 Å². The Morgan fingerprint density at radius 1 is 0.220 bits per heavy atom. The van der Waals surface area contributed by atoms with Gasteiger partial charge in [0, 0.05) is 52.6 Å². The van der Waals surface area contributed by atoms with Crippen LogP contribution < -0.4 is 0 Å². The van der Waals surface area contributed by atoms with Crippen LogP contribution in [0.3, 0.4) is 0 Å². The molecule has 4 heterocycles. The van der Waals surface area contributed by atoms with Gasteiger partial charge in [0.2, 0.25) is 0 Å². The van der Waals surface area contributed by atoms with E-state index in [-0.39, 0.29) is 23.3 Å². The third kappa shape index (κ3) is 9.03. The summed E-state index contributed by atoms with van der Waals surface area (Å²) < 4.78 is 55.3. The van der Waals surface area contributed by atoms with Crippen molar-refractivity contribution in [2.75, 3.05) is 0 Å². The smallest absolute Gasteiger partial charge is 0.123 e. The van der Waals surface area contributed by atoms with Gasteiger partial charge in [-0.3, -0.25) is 0 Å². The molecule has 0 N–H and O–H groups in total. The molecule has 16 rings (SSSR count). The molecule has 2 aromatic heterocycles. The number of aromatic nitrogens is 4. The van der Waals surface area contributed by atoms with E-state index < -0.39 is 0 Å². The summed E-state index contributed by atoms with van der Waals surface area (Å²) in [6, 6.07) is 70.7. The Morgan fingerprint density at radius 2 is 0.439 bits per heavy atom. The van der Waals surface area contributed by atoms with E-state index in [1.54, 1.807) is 48.5 Å². The molecule has 0 spiro atoms. The Balaban J connectivity index is 0.000000215. The number of rotatable bonds is 7. The van der Waals surface area contributed by atoms with E-state index in [0.29, 0.717) is 67.1 Å². The van der Waals surface area contributed by atoms with Crippen LogP contribution in [0.2, 0.25) is 0 Å². The summed E-state index contributed by atoms with van der Waals surface area (Å²) in [7, 11) is 7.74. The Hall–Kier alpha value is -8.78. The van der Waals surface area contributed by atoms with Gasteiger partial charge in [0.15, 0.2) is 0 Å². The van der Waals surface area contributed by atoms with E-state index in [2.05, 4.69) is 97.1 Å². The van der Waals surface area contributed by atoms with Gasteiger partial charge in [-0.15, -0.1) is 0 Å². The molecule has 0 fully saturated rings. The molecule has 2 aliphatic rings. The van der Waals surface area contributed by atoms with Gasteiger partial charge in [0.05, 0.1) is 44.8 Å². The summed E-state index contributed by atoms with van der Waals surface area (Å²) in [6.07, 6.45) is 0. The highest BCUT2D eigenvalue weighted by atomic mass is 33.1. The lowest BCUT2D eigenvalue weighted by Crippen LogP contribution is -1.96. The second-order valence-electron chi connectivity index (χ2n) is 19.9.